The molecule has 2 aromatic carbocycles. The van der Waals surface area contributed by atoms with Crippen molar-refractivity contribution in [2.45, 2.75) is 46.8 Å². The second-order valence-electron chi connectivity index (χ2n) is 7.91. The molecule has 0 saturated carbocycles. The summed E-state index contributed by atoms with van der Waals surface area (Å²) in [5.41, 5.74) is 5.04. The number of ether oxygens (including phenoxy) is 1. The minimum atomic E-state index is -0.923. The SMILES string of the molecule is Cc1ccc(CNC(=O)[C@@H](C)OC(=O)[C@H]2CC(=O)N(c3cccc(C)c3C)C2)cc1. The maximum absolute atomic E-state index is 12.6. The van der Waals surface area contributed by atoms with Crippen molar-refractivity contribution < 1.29 is 19.1 Å². The van der Waals surface area contributed by atoms with Gasteiger partial charge in [-0.2, -0.15) is 0 Å². The van der Waals surface area contributed by atoms with Gasteiger partial charge in [0, 0.05) is 25.2 Å². The molecule has 0 aromatic heterocycles. The molecule has 0 bridgehead atoms. The molecule has 1 aliphatic heterocycles. The van der Waals surface area contributed by atoms with Gasteiger partial charge in [-0.15, -0.1) is 0 Å². The highest BCUT2D eigenvalue weighted by Crippen LogP contribution is 2.30. The number of nitrogens with zero attached hydrogens (tertiary/aromatic N) is 1. The summed E-state index contributed by atoms with van der Waals surface area (Å²) in [5.74, 6) is -1.57. The predicted molar refractivity (Wildman–Crippen MR) is 115 cm³/mol. The van der Waals surface area contributed by atoms with Crippen LogP contribution in [0.15, 0.2) is 42.5 Å². The summed E-state index contributed by atoms with van der Waals surface area (Å²) in [7, 11) is 0. The third-order valence-electron chi connectivity index (χ3n) is 5.57. The average molecular weight is 408 g/mol. The molecule has 6 nitrogen and oxygen atoms in total. The van der Waals surface area contributed by atoms with Crippen molar-refractivity contribution in [2.75, 3.05) is 11.4 Å². The lowest BCUT2D eigenvalue weighted by Crippen LogP contribution is -2.37. The topological polar surface area (TPSA) is 75.7 Å². The highest BCUT2D eigenvalue weighted by Gasteiger charge is 2.37. The Labute approximate surface area is 177 Å². The van der Waals surface area contributed by atoms with E-state index in [1.165, 1.54) is 0 Å². The Morgan fingerprint density at radius 3 is 2.53 bits per heavy atom. The maximum Gasteiger partial charge on any atom is 0.312 e. The predicted octanol–water partition coefficient (Wildman–Crippen LogP) is 3.21. The lowest BCUT2D eigenvalue weighted by atomic mass is 10.1. The molecule has 1 N–H and O–H groups in total. The second-order valence-corrected chi connectivity index (χ2v) is 7.91. The van der Waals surface area contributed by atoms with Crippen LogP contribution in [0.25, 0.3) is 0 Å². The second kappa shape index (κ2) is 9.11. The van der Waals surface area contributed by atoms with Crippen molar-refractivity contribution in [1.29, 1.82) is 0 Å². The van der Waals surface area contributed by atoms with Gasteiger partial charge in [-0.3, -0.25) is 14.4 Å². The summed E-state index contributed by atoms with van der Waals surface area (Å²) in [5, 5.41) is 2.78. The molecule has 1 saturated heterocycles. The summed E-state index contributed by atoms with van der Waals surface area (Å²) < 4.78 is 5.36. The molecule has 30 heavy (non-hydrogen) atoms. The van der Waals surface area contributed by atoms with E-state index < -0.39 is 18.0 Å². The molecule has 6 heteroatoms. The van der Waals surface area contributed by atoms with Gasteiger partial charge in [0.1, 0.15) is 0 Å². The fourth-order valence-corrected chi connectivity index (χ4v) is 3.49. The number of anilines is 1. The molecule has 1 heterocycles. The lowest BCUT2D eigenvalue weighted by molar-refractivity contribution is -0.158. The van der Waals surface area contributed by atoms with E-state index in [9.17, 15) is 14.4 Å². The number of hydrogen-bond donors (Lipinski definition) is 1. The van der Waals surface area contributed by atoms with Crippen molar-refractivity contribution in [3.05, 3.63) is 64.7 Å². The van der Waals surface area contributed by atoms with Crippen molar-refractivity contribution >= 4 is 23.5 Å². The molecule has 158 valence electrons. The first-order valence-corrected chi connectivity index (χ1v) is 10.2. The zero-order chi connectivity index (χ0) is 21.8. The molecule has 0 unspecified atom stereocenters. The van der Waals surface area contributed by atoms with Crippen LogP contribution in [-0.4, -0.2) is 30.4 Å². The normalized spacial score (nSPS) is 17.0. The minimum absolute atomic E-state index is 0.0872. The van der Waals surface area contributed by atoms with E-state index in [4.69, 9.17) is 4.74 Å². The van der Waals surface area contributed by atoms with E-state index in [-0.39, 0.29) is 24.8 Å². The average Bonchev–Trinajstić information content (AvgIpc) is 3.11. The first-order chi connectivity index (χ1) is 14.3. The maximum atomic E-state index is 12.6. The fourth-order valence-electron chi connectivity index (χ4n) is 3.49. The fraction of sp³-hybridized carbons (Fsp3) is 0.375. The molecular formula is C24H28N2O4. The van der Waals surface area contributed by atoms with Gasteiger partial charge in [0.2, 0.25) is 5.91 Å². The van der Waals surface area contributed by atoms with E-state index in [1.807, 2.05) is 63.2 Å². The van der Waals surface area contributed by atoms with Crippen molar-refractivity contribution in [3.63, 3.8) is 0 Å². The van der Waals surface area contributed by atoms with Gasteiger partial charge in [0.25, 0.3) is 5.91 Å². The standard InChI is InChI=1S/C24H28N2O4/c1-15-8-10-19(11-9-15)13-25-23(28)18(4)30-24(29)20-12-22(27)26(14-20)21-7-5-6-16(2)17(21)3/h5-11,18,20H,12-14H2,1-4H3,(H,25,28)/t18-,20+/m1/s1. The number of amides is 2. The number of hydrogen-bond acceptors (Lipinski definition) is 4. The Kier molecular flexibility index (Phi) is 6.55. The van der Waals surface area contributed by atoms with E-state index >= 15 is 0 Å². The molecule has 0 spiro atoms. The summed E-state index contributed by atoms with van der Waals surface area (Å²) in [6.45, 7) is 8.12. The van der Waals surface area contributed by atoms with Crippen LogP contribution in [0.1, 0.15) is 35.6 Å². The van der Waals surface area contributed by atoms with Crippen LogP contribution in [0.2, 0.25) is 0 Å². The number of benzene rings is 2. The van der Waals surface area contributed by atoms with Crippen molar-refractivity contribution in [3.8, 4) is 0 Å². The summed E-state index contributed by atoms with van der Waals surface area (Å²) in [6.07, 6.45) is -0.836. The summed E-state index contributed by atoms with van der Waals surface area (Å²) in [6, 6.07) is 13.6. The Morgan fingerprint density at radius 2 is 1.83 bits per heavy atom. The van der Waals surface area contributed by atoms with Crippen molar-refractivity contribution in [2.24, 2.45) is 5.92 Å². The number of aryl methyl sites for hydroxylation is 2. The number of nitrogens with one attached hydrogen (secondary N) is 1. The van der Waals surface area contributed by atoms with Gasteiger partial charge in [0.15, 0.2) is 6.10 Å². The largest absolute Gasteiger partial charge is 0.452 e. The first-order valence-electron chi connectivity index (χ1n) is 10.2. The van der Waals surface area contributed by atoms with Crippen molar-refractivity contribution in [1.82, 2.24) is 5.32 Å². The molecule has 1 aliphatic rings. The van der Waals surface area contributed by atoms with Gasteiger partial charge < -0.3 is 15.0 Å². The Hall–Kier alpha value is -3.15. The van der Waals surface area contributed by atoms with Crippen LogP contribution >= 0.6 is 0 Å². The zero-order valence-electron chi connectivity index (χ0n) is 17.9. The molecule has 2 amide bonds. The lowest BCUT2D eigenvalue weighted by Gasteiger charge is -2.20. The van der Waals surface area contributed by atoms with Gasteiger partial charge >= 0.3 is 5.97 Å². The highest BCUT2D eigenvalue weighted by molar-refractivity contribution is 6.00. The third-order valence-corrected chi connectivity index (χ3v) is 5.57. The van der Waals surface area contributed by atoms with E-state index in [0.29, 0.717) is 6.54 Å². The molecular weight excluding hydrogens is 380 g/mol. The Morgan fingerprint density at radius 1 is 1.13 bits per heavy atom. The summed E-state index contributed by atoms with van der Waals surface area (Å²) in [4.78, 5) is 39.0. The van der Waals surface area contributed by atoms with E-state index in [0.717, 1.165) is 27.9 Å². The van der Waals surface area contributed by atoms with Crippen LogP contribution in [0.5, 0.6) is 0 Å². The molecule has 3 rings (SSSR count). The van der Waals surface area contributed by atoms with Crippen LogP contribution < -0.4 is 10.2 Å². The smallest absolute Gasteiger partial charge is 0.312 e. The third kappa shape index (κ3) is 4.87. The molecule has 0 radical (unpaired) electrons. The van der Waals surface area contributed by atoms with E-state index in [1.54, 1.807) is 11.8 Å². The van der Waals surface area contributed by atoms with Crippen LogP contribution in [0.4, 0.5) is 5.69 Å². The van der Waals surface area contributed by atoms with Gasteiger partial charge in [-0.05, 0) is 50.5 Å². The minimum Gasteiger partial charge on any atom is -0.452 e. The van der Waals surface area contributed by atoms with E-state index in [2.05, 4.69) is 5.32 Å². The number of rotatable bonds is 6. The molecule has 1 fully saturated rings. The quantitative estimate of drug-likeness (QED) is 0.745. The summed E-state index contributed by atoms with van der Waals surface area (Å²) >= 11 is 0. The Bertz CT molecular complexity index is 952. The van der Waals surface area contributed by atoms with Gasteiger partial charge in [-0.25, -0.2) is 0 Å². The molecule has 2 aromatic rings. The number of carbonyl (C=O) groups excluding carboxylic acids is 3. The monoisotopic (exact) mass is 408 g/mol. The number of carbonyl (C=O) groups is 3. The molecule has 2 atom stereocenters. The Balaban J connectivity index is 1.55. The highest BCUT2D eigenvalue weighted by atomic mass is 16.5. The first kappa shape index (κ1) is 21.6. The van der Waals surface area contributed by atoms with Gasteiger partial charge in [-0.1, -0.05) is 42.0 Å². The number of esters is 1. The van der Waals surface area contributed by atoms with Crippen LogP contribution in [0, 0.1) is 26.7 Å². The van der Waals surface area contributed by atoms with Crippen LogP contribution in [-0.2, 0) is 25.7 Å². The zero-order valence-corrected chi connectivity index (χ0v) is 17.9. The van der Waals surface area contributed by atoms with Crippen LogP contribution in [0.3, 0.4) is 0 Å². The molecule has 0 aliphatic carbocycles. The van der Waals surface area contributed by atoms with Gasteiger partial charge in [0.05, 0.1) is 5.92 Å².